The van der Waals surface area contributed by atoms with Crippen molar-refractivity contribution in [2.75, 3.05) is 14.1 Å². The number of nitrogens with two attached hydrogens (primary N) is 1. The third kappa shape index (κ3) is 3.53. The second-order valence-corrected chi connectivity index (χ2v) is 5.44. The van der Waals surface area contributed by atoms with Crippen molar-refractivity contribution >= 4 is 0 Å². The Labute approximate surface area is 122 Å². The average molecular weight is 307 g/mol. The first-order chi connectivity index (χ1) is 9.57. The molecule has 0 aliphatic rings. The molecule has 21 heavy (non-hydrogen) atoms. The molecule has 2 atom stereocenters. The lowest BCUT2D eigenvalue weighted by molar-refractivity contribution is -0.140. The van der Waals surface area contributed by atoms with Crippen molar-refractivity contribution in [3.63, 3.8) is 0 Å². The number of halogens is 4. The molecular formula is C14H21F4N3. The van der Waals surface area contributed by atoms with Crippen LogP contribution in [0.5, 0.6) is 0 Å². The Balaban J connectivity index is 3.37. The fourth-order valence-corrected chi connectivity index (χ4v) is 2.35. The van der Waals surface area contributed by atoms with Crippen molar-refractivity contribution in [1.29, 1.82) is 0 Å². The molecule has 0 spiro atoms. The van der Waals surface area contributed by atoms with Gasteiger partial charge in [0.25, 0.3) is 0 Å². The number of nitrogens with zero attached hydrogens (tertiary/aromatic N) is 1. The number of benzene rings is 1. The van der Waals surface area contributed by atoms with Crippen LogP contribution in [-0.4, -0.2) is 24.5 Å². The lowest BCUT2D eigenvalue weighted by Crippen LogP contribution is -2.53. The number of likely N-dealkylation sites (N-methyl/N-ethyl adjacent to an activating group) is 1. The van der Waals surface area contributed by atoms with E-state index in [1.54, 1.807) is 0 Å². The summed E-state index contributed by atoms with van der Waals surface area (Å²) in [6.07, 6.45) is -4.09. The number of rotatable bonds is 5. The summed E-state index contributed by atoms with van der Waals surface area (Å²) in [7, 11) is 3.64. The number of hydrogen-bond donors (Lipinski definition) is 2. The van der Waals surface area contributed by atoms with Crippen LogP contribution < -0.4 is 11.3 Å². The Kier molecular flexibility index (Phi) is 5.35. The predicted molar refractivity (Wildman–Crippen MR) is 73.8 cm³/mol. The zero-order valence-electron chi connectivity index (χ0n) is 12.6. The lowest BCUT2D eigenvalue weighted by atomic mass is 9.83. The summed E-state index contributed by atoms with van der Waals surface area (Å²) in [5.41, 5.74) is 1.05. The van der Waals surface area contributed by atoms with Gasteiger partial charge in [0.15, 0.2) is 0 Å². The van der Waals surface area contributed by atoms with E-state index >= 15 is 0 Å². The summed E-state index contributed by atoms with van der Waals surface area (Å²) in [5.74, 6) is 4.26. The SMILES string of the molecule is CCC(C)(C(NN)c1ccc(F)c(C(F)(F)F)c1)N(C)C. The van der Waals surface area contributed by atoms with Crippen molar-refractivity contribution in [3.05, 3.63) is 35.1 Å². The van der Waals surface area contributed by atoms with E-state index in [0.29, 0.717) is 12.0 Å². The molecule has 7 heteroatoms. The van der Waals surface area contributed by atoms with Gasteiger partial charge in [-0.25, -0.2) is 4.39 Å². The van der Waals surface area contributed by atoms with E-state index in [9.17, 15) is 17.6 Å². The van der Waals surface area contributed by atoms with E-state index in [-0.39, 0.29) is 0 Å². The second kappa shape index (κ2) is 6.29. The largest absolute Gasteiger partial charge is 0.419 e. The molecule has 0 saturated heterocycles. The van der Waals surface area contributed by atoms with Crippen LogP contribution in [0, 0.1) is 5.82 Å². The first kappa shape index (κ1) is 17.9. The van der Waals surface area contributed by atoms with Gasteiger partial charge in [-0.15, -0.1) is 0 Å². The predicted octanol–water partition coefficient (Wildman–Crippen LogP) is 3.08. The maximum Gasteiger partial charge on any atom is 0.419 e. The Bertz CT molecular complexity index is 488. The topological polar surface area (TPSA) is 41.3 Å². The number of nitrogens with one attached hydrogen (secondary N) is 1. The molecule has 3 nitrogen and oxygen atoms in total. The average Bonchev–Trinajstić information content (AvgIpc) is 2.39. The van der Waals surface area contributed by atoms with Crippen LogP contribution in [0.1, 0.15) is 37.4 Å². The minimum atomic E-state index is -4.74. The summed E-state index contributed by atoms with van der Waals surface area (Å²) in [5, 5.41) is 0. The molecule has 0 aliphatic heterocycles. The van der Waals surface area contributed by atoms with E-state index < -0.39 is 29.1 Å². The van der Waals surface area contributed by atoms with Crippen molar-refractivity contribution in [2.45, 2.75) is 38.0 Å². The number of hydrogen-bond acceptors (Lipinski definition) is 3. The van der Waals surface area contributed by atoms with Gasteiger partial charge in [-0.2, -0.15) is 13.2 Å². The van der Waals surface area contributed by atoms with Crippen molar-refractivity contribution in [3.8, 4) is 0 Å². The van der Waals surface area contributed by atoms with Gasteiger partial charge in [-0.1, -0.05) is 13.0 Å². The highest BCUT2D eigenvalue weighted by atomic mass is 19.4. The molecule has 0 aliphatic carbocycles. The van der Waals surface area contributed by atoms with Crippen LogP contribution in [0.15, 0.2) is 18.2 Å². The first-order valence-corrected chi connectivity index (χ1v) is 6.58. The van der Waals surface area contributed by atoms with Crippen LogP contribution in [-0.2, 0) is 6.18 Å². The molecule has 0 aromatic heterocycles. The number of hydrazine groups is 1. The van der Waals surface area contributed by atoms with Crippen LogP contribution in [0.2, 0.25) is 0 Å². The maximum atomic E-state index is 13.4. The van der Waals surface area contributed by atoms with E-state index in [0.717, 1.165) is 12.1 Å². The third-order valence-corrected chi connectivity index (χ3v) is 4.16. The summed E-state index contributed by atoms with van der Waals surface area (Å²) in [6, 6.07) is 2.40. The molecule has 3 N–H and O–H groups in total. The third-order valence-electron chi connectivity index (χ3n) is 4.16. The molecule has 0 fully saturated rings. The number of alkyl halides is 3. The van der Waals surface area contributed by atoms with Gasteiger partial charge < -0.3 is 4.90 Å². The van der Waals surface area contributed by atoms with Crippen LogP contribution in [0.3, 0.4) is 0 Å². The van der Waals surface area contributed by atoms with E-state index in [1.165, 1.54) is 6.07 Å². The highest BCUT2D eigenvalue weighted by molar-refractivity contribution is 5.31. The van der Waals surface area contributed by atoms with Gasteiger partial charge in [0.05, 0.1) is 11.6 Å². The minimum Gasteiger partial charge on any atom is -0.302 e. The Hall–Kier alpha value is -1.18. The molecule has 1 aromatic carbocycles. The summed E-state index contributed by atoms with van der Waals surface area (Å²) in [6.45, 7) is 3.80. The Morgan fingerprint density at radius 3 is 2.24 bits per heavy atom. The first-order valence-electron chi connectivity index (χ1n) is 6.58. The molecular weight excluding hydrogens is 286 g/mol. The van der Waals surface area contributed by atoms with Crippen molar-refractivity contribution < 1.29 is 17.6 Å². The molecule has 0 bridgehead atoms. The van der Waals surface area contributed by atoms with Gasteiger partial charge >= 0.3 is 6.18 Å². The lowest BCUT2D eigenvalue weighted by Gasteiger charge is -2.42. The van der Waals surface area contributed by atoms with Gasteiger partial charge in [0, 0.05) is 5.54 Å². The van der Waals surface area contributed by atoms with E-state index in [1.807, 2.05) is 32.8 Å². The van der Waals surface area contributed by atoms with Crippen LogP contribution in [0.4, 0.5) is 17.6 Å². The smallest absolute Gasteiger partial charge is 0.302 e. The Morgan fingerprint density at radius 1 is 1.29 bits per heavy atom. The zero-order valence-corrected chi connectivity index (χ0v) is 12.6. The fraction of sp³-hybridized carbons (Fsp3) is 0.571. The van der Waals surface area contributed by atoms with Gasteiger partial charge in [0.1, 0.15) is 5.82 Å². The quantitative estimate of drug-likeness (QED) is 0.499. The summed E-state index contributed by atoms with van der Waals surface area (Å²) >= 11 is 0. The normalized spacial score (nSPS) is 16.9. The minimum absolute atomic E-state index is 0.296. The van der Waals surface area contributed by atoms with Gasteiger partial charge in [0.2, 0.25) is 0 Å². The fourth-order valence-electron chi connectivity index (χ4n) is 2.35. The molecule has 2 unspecified atom stereocenters. The monoisotopic (exact) mass is 307 g/mol. The standard InChI is InChI=1S/C14H21F4N3/c1-5-13(2,21(3)4)12(20-19)9-6-7-11(15)10(8-9)14(16,17)18/h6-8,12,20H,5,19H2,1-4H3. The van der Waals surface area contributed by atoms with Gasteiger partial charge in [-0.3, -0.25) is 11.3 Å². The molecule has 0 amide bonds. The molecule has 1 aromatic rings. The molecule has 0 saturated carbocycles. The second-order valence-electron chi connectivity index (χ2n) is 5.44. The molecule has 120 valence electrons. The van der Waals surface area contributed by atoms with Crippen molar-refractivity contribution in [1.82, 2.24) is 10.3 Å². The van der Waals surface area contributed by atoms with Gasteiger partial charge in [-0.05, 0) is 45.1 Å². The zero-order chi connectivity index (χ0) is 16.4. The molecule has 1 rings (SSSR count). The van der Waals surface area contributed by atoms with Crippen LogP contribution in [0.25, 0.3) is 0 Å². The molecule has 0 radical (unpaired) electrons. The van der Waals surface area contributed by atoms with E-state index in [4.69, 9.17) is 5.84 Å². The summed E-state index contributed by atoms with van der Waals surface area (Å²) in [4.78, 5) is 1.88. The Morgan fingerprint density at radius 2 is 1.86 bits per heavy atom. The molecule has 0 heterocycles. The highest BCUT2D eigenvalue weighted by Crippen LogP contribution is 2.37. The maximum absolute atomic E-state index is 13.4. The van der Waals surface area contributed by atoms with Crippen LogP contribution >= 0.6 is 0 Å². The summed E-state index contributed by atoms with van der Waals surface area (Å²) < 4.78 is 51.9. The highest BCUT2D eigenvalue weighted by Gasteiger charge is 2.38. The van der Waals surface area contributed by atoms with Crippen molar-refractivity contribution in [2.24, 2.45) is 5.84 Å². The van der Waals surface area contributed by atoms with E-state index in [2.05, 4.69) is 5.43 Å².